The van der Waals surface area contributed by atoms with E-state index in [1.807, 2.05) is 42.5 Å². The zero-order chi connectivity index (χ0) is 21.8. The molecule has 9 heteroatoms. The number of hydrogen-bond acceptors (Lipinski definition) is 8. The average molecular weight is 452 g/mol. The molecular formula is C22H18ClN5O2S. The third-order valence-corrected chi connectivity index (χ3v) is 5.68. The van der Waals surface area contributed by atoms with Crippen molar-refractivity contribution >= 4 is 57.0 Å². The summed E-state index contributed by atoms with van der Waals surface area (Å²) in [5.41, 5.74) is 11.8. The van der Waals surface area contributed by atoms with Crippen LogP contribution in [-0.2, 0) is 4.74 Å². The summed E-state index contributed by atoms with van der Waals surface area (Å²) in [4.78, 5) is 22.3. The van der Waals surface area contributed by atoms with Crippen LogP contribution >= 0.6 is 22.9 Å². The standard InChI is InChI=1S/C22H18ClN5O2S/c1-2-30-21(29)19-17(24)16-18(14-6-4-3-5-7-14)26-22(27-20(16)31-19)28-25-12-13-8-10-15(23)11-9-13/h3-12H,2,24H2,1H3,(H,26,27,28)/b25-12+. The number of nitrogens with two attached hydrogens (primary N) is 1. The van der Waals surface area contributed by atoms with Gasteiger partial charge in [-0.1, -0.05) is 54.1 Å². The number of nitrogens with zero attached hydrogens (tertiary/aromatic N) is 3. The normalized spacial score (nSPS) is 11.2. The fourth-order valence-corrected chi connectivity index (χ4v) is 4.05. The van der Waals surface area contributed by atoms with Gasteiger partial charge in [0.2, 0.25) is 5.95 Å². The van der Waals surface area contributed by atoms with Crippen molar-refractivity contribution in [2.45, 2.75) is 6.92 Å². The summed E-state index contributed by atoms with van der Waals surface area (Å²) in [5, 5.41) is 5.48. The Morgan fingerprint density at radius 2 is 1.94 bits per heavy atom. The van der Waals surface area contributed by atoms with Crippen LogP contribution in [0.1, 0.15) is 22.2 Å². The first-order valence-electron chi connectivity index (χ1n) is 9.44. The Bertz CT molecular complexity index is 1260. The second-order valence-corrected chi connectivity index (χ2v) is 7.86. The van der Waals surface area contributed by atoms with Gasteiger partial charge in [0.15, 0.2) is 0 Å². The molecule has 2 aromatic heterocycles. The van der Waals surface area contributed by atoms with E-state index in [2.05, 4.69) is 20.5 Å². The average Bonchev–Trinajstić information content (AvgIpc) is 3.12. The summed E-state index contributed by atoms with van der Waals surface area (Å²) >= 11 is 7.08. The van der Waals surface area contributed by atoms with E-state index < -0.39 is 5.97 Å². The highest BCUT2D eigenvalue weighted by molar-refractivity contribution is 7.21. The van der Waals surface area contributed by atoms with Gasteiger partial charge in [-0.25, -0.2) is 20.2 Å². The van der Waals surface area contributed by atoms with Gasteiger partial charge < -0.3 is 10.5 Å². The highest BCUT2D eigenvalue weighted by Gasteiger charge is 2.22. The Morgan fingerprint density at radius 3 is 2.65 bits per heavy atom. The van der Waals surface area contributed by atoms with Crippen molar-refractivity contribution in [3.63, 3.8) is 0 Å². The molecule has 156 valence electrons. The zero-order valence-electron chi connectivity index (χ0n) is 16.5. The number of carbonyl (C=O) groups excluding carboxylic acids is 1. The molecule has 0 bridgehead atoms. The Labute approximate surface area is 187 Å². The molecule has 31 heavy (non-hydrogen) atoms. The van der Waals surface area contributed by atoms with Crippen LogP contribution in [-0.4, -0.2) is 28.8 Å². The van der Waals surface area contributed by atoms with Crippen molar-refractivity contribution in [1.82, 2.24) is 9.97 Å². The predicted molar refractivity (Wildman–Crippen MR) is 126 cm³/mol. The summed E-state index contributed by atoms with van der Waals surface area (Å²) in [6, 6.07) is 16.8. The van der Waals surface area contributed by atoms with Gasteiger partial charge in [0.05, 0.1) is 29.6 Å². The number of rotatable bonds is 6. The number of thiophene rings is 1. The minimum atomic E-state index is -0.475. The summed E-state index contributed by atoms with van der Waals surface area (Å²) < 4.78 is 5.13. The van der Waals surface area contributed by atoms with Gasteiger partial charge >= 0.3 is 5.97 Å². The maximum atomic E-state index is 12.3. The summed E-state index contributed by atoms with van der Waals surface area (Å²) in [7, 11) is 0. The Hall–Kier alpha value is -3.49. The second kappa shape index (κ2) is 9.11. The van der Waals surface area contributed by atoms with E-state index in [4.69, 9.17) is 22.1 Å². The van der Waals surface area contributed by atoms with Crippen molar-refractivity contribution in [2.24, 2.45) is 5.10 Å². The molecule has 2 heterocycles. The second-order valence-electron chi connectivity index (χ2n) is 6.43. The van der Waals surface area contributed by atoms with E-state index >= 15 is 0 Å². The summed E-state index contributed by atoms with van der Waals surface area (Å²) in [6.07, 6.45) is 1.64. The lowest BCUT2D eigenvalue weighted by atomic mass is 10.1. The first kappa shape index (κ1) is 20.8. The van der Waals surface area contributed by atoms with Crippen LogP contribution in [0.3, 0.4) is 0 Å². The fraction of sp³-hybridized carbons (Fsp3) is 0.0909. The summed E-state index contributed by atoms with van der Waals surface area (Å²) in [6.45, 7) is 2.01. The van der Waals surface area contributed by atoms with Crippen LogP contribution < -0.4 is 11.2 Å². The van der Waals surface area contributed by atoms with Crippen LogP contribution in [0.15, 0.2) is 59.7 Å². The monoisotopic (exact) mass is 451 g/mol. The number of ether oxygens (including phenoxy) is 1. The van der Waals surface area contributed by atoms with E-state index in [0.29, 0.717) is 31.5 Å². The lowest BCUT2D eigenvalue weighted by Crippen LogP contribution is -2.05. The third-order valence-electron chi connectivity index (χ3n) is 4.34. The smallest absolute Gasteiger partial charge is 0.350 e. The van der Waals surface area contributed by atoms with Gasteiger partial charge in [-0.05, 0) is 24.6 Å². The molecule has 0 saturated heterocycles. The Morgan fingerprint density at radius 1 is 1.19 bits per heavy atom. The molecular weight excluding hydrogens is 434 g/mol. The summed E-state index contributed by atoms with van der Waals surface area (Å²) in [5.74, 6) is -0.189. The van der Waals surface area contributed by atoms with Crippen LogP contribution in [0, 0.1) is 0 Å². The number of hydrogen-bond donors (Lipinski definition) is 2. The van der Waals surface area contributed by atoms with E-state index in [9.17, 15) is 4.79 Å². The molecule has 4 rings (SSSR count). The Balaban J connectivity index is 1.76. The SMILES string of the molecule is CCOC(=O)c1sc2nc(N/N=C/c3ccc(Cl)cc3)nc(-c3ccccc3)c2c1N. The number of benzene rings is 2. The van der Waals surface area contributed by atoms with Gasteiger partial charge in [-0.15, -0.1) is 11.3 Å². The number of carbonyl (C=O) groups is 1. The molecule has 0 saturated carbocycles. The number of hydrazone groups is 1. The Kier molecular flexibility index (Phi) is 6.11. The molecule has 0 aliphatic heterocycles. The number of halogens is 1. The molecule has 0 atom stereocenters. The minimum Gasteiger partial charge on any atom is -0.462 e. The third kappa shape index (κ3) is 4.50. The van der Waals surface area contributed by atoms with Crippen molar-refractivity contribution in [3.05, 3.63) is 70.1 Å². The molecule has 2 aromatic carbocycles. The minimum absolute atomic E-state index is 0.260. The molecule has 0 aliphatic carbocycles. The molecule has 0 aliphatic rings. The highest BCUT2D eigenvalue weighted by atomic mass is 35.5. The van der Waals surface area contributed by atoms with Gasteiger partial charge in [0, 0.05) is 10.6 Å². The van der Waals surface area contributed by atoms with E-state index in [1.54, 1.807) is 25.3 Å². The fourth-order valence-electron chi connectivity index (χ4n) is 2.94. The first-order valence-corrected chi connectivity index (χ1v) is 10.6. The maximum absolute atomic E-state index is 12.3. The van der Waals surface area contributed by atoms with Crippen LogP contribution in [0.25, 0.3) is 21.5 Å². The first-order chi connectivity index (χ1) is 15.1. The lowest BCUT2D eigenvalue weighted by Gasteiger charge is -2.07. The molecule has 0 amide bonds. The molecule has 0 unspecified atom stereocenters. The van der Waals surface area contributed by atoms with Gasteiger partial charge in [-0.3, -0.25) is 0 Å². The van der Waals surface area contributed by atoms with Crippen LogP contribution in [0.5, 0.6) is 0 Å². The van der Waals surface area contributed by atoms with Crippen LogP contribution in [0.2, 0.25) is 5.02 Å². The maximum Gasteiger partial charge on any atom is 0.350 e. The molecule has 0 fully saturated rings. The number of aromatic nitrogens is 2. The number of anilines is 2. The van der Waals surface area contributed by atoms with E-state index in [1.165, 1.54) is 11.3 Å². The van der Waals surface area contributed by atoms with Crippen molar-refractivity contribution < 1.29 is 9.53 Å². The molecule has 4 aromatic rings. The number of nitrogen functional groups attached to an aromatic ring is 1. The van der Waals surface area contributed by atoms with E-state index in [0.717, 1.165) is 11.1 Å². The topological polar surface area (TPSA) is 102 Å². The molecule has 0 spiro atoms. The van der Waals surface area contributed by atoms with Gasteiger partial charge in [-0.2, -0.15) is 5.10 Å². The van der Waals surface area contributed by atoms with E-state index in [-0.39, 0.29) is 12.6 Å². The zero-order valence-corrected chi connectivity index (χ0v) is 18.1. The predicted octanol–water partition coefficient (Wildman–Crippen LogP) is 5.22. The van der Waals surface area contributed by atoms with Crippen LogP contribution in [0.4, 0.5) is 11.6 Å². The highest BCUT2D eigenvalue weighted by Crippen LogP contribution is 2.39. The number of nitrogens with one attached hydrogen (secondary N) is 1. The van der Waals surface area contributed by atoms with Crippen molar-refractivity contribution in [3.8, 4) is 11.3 Å². The quantitative estimate of drug-likeness (QED) is 0.237. The van der Waals surface area contributed by atoms with Gasteiger partial charge in [0.1, 0.15) is 9.71 Å². The van der Waals surface area contributed by atoms with Crippen molar-refractivity contribution in [1.29, 1.82) is 0 Å². The number of fused-ring (bicyclic) bond motifs is 1. The largest absolute Gasteiger partial charge is 0.462 e. The number of esters is 1. The molecule has 0 radical (unpaired) electrons. The lowest BCUT2D eigenvalue weighted by molar-refractivity contribution is 0.0533. The molecule has 3 N–H and O–H groups in total. The van der Waals surface area contributed by atoms with Gasteiger partial charge in [0.25, 0.3) is 0 Å². The van der Waals surface area contributed by atoms with Crippen molar-refractivity contribution in [2.75, 3.05) is 17.8 Å². The molecule has 7 nitrogen and oxygen atoms in total.